The maximum Gasteiger partial charge on any atom is 0.414 e. The third-order valence-electron chi connectivity index (χ3n) is 2.02. The number of carbonyl (C=O) groups is 3. The molecule has 0 heterocycles. The van der Waals surface area contributed by atoms with E-state index in [1.54, 1.807) is 0 Å². The van der Waals surface area contributed by atoms with Crippen LogP contribution >= 0.6 is 11.8 Å². The standard InChI is InChI=1S/C10H17NO6S/c1-3-4-18-5-7(9(14)15)11(10(16)17)8(13)6(2)12/h6-7,12H,3-5H2,1-2H3,(H,14,15)(H,16,17). The van der Waals surface area contributed by atoms with Gasteiger partial charge >= 0.3 is 12.1 Å². The summed E-state index contributed by atoms with van der Waals surface area (Å²) in [5, 5.41) is 26.9. The molecule has 7 nitrogen and oxygen atoms in total. The molecule has 0 aromatic rings. The Balaban J connectivity index is 4.94. The Hall–Kier alpha value is -1.28. The molecule has 0 radical (unpaired) electrons. The van der Waals surface area contributed by atoms with Crippen molar-refractivity contribution in [2.75, 3.05) is 11.5 Å². The Morgan fingerprint density at radius 1 is 1.28 bits per heavy atom. The van der Waals surface area contributed by atoms with Crippen molar-refractivity contribution in [3.63, 3.8) is 0 Å². The number of hydrogen-bond donors (Lipinski definition) is 3. The van der Waals surface area contributed by atoms with Gasteiger partial charge in [0.05, 0.1) is 0 Å². The first-order valence-electron chi connectivity index (χ1n) is 5.37. The van der Waals surface area contributed by atoms with E-state index in [-0.39, 0.29) is 10.7 Å². The van der Waals surface area contributed by atoms with Gasteiger partial charge in [-0.15, -0.1) is 0 Å². The average Bonchev–Trinajstić information content (AvgIpc) is 2.26. The molecule has 0 fully saturated rings. The van der Waals surface area contributed by atoms with Crippen LogP contribution in [0.2, 0.25) is 0 Å². The highest BCUT2D eigenvalue weighted by atomic mass is 32.2. The molecular formula is C10H17NO6S. The Labute approximate surface area is 109 Å². The van der Waals surface area contributed by atoms with E-state index >= 15 is 0 Å². The minimum Gasteiger partial charge on any atom is -0.480 e. The molecule has 0 aromatic carbocycles. The Kier molecular flexibility index (Phi) is 7.37. The lowest BCUT2D eigenvalue weighted by molar-refractivity contribution is -0.150. The average molecular weight is 279 g/mol. The summed E-state index contributed by atoms with van der Waals surface area (Å²) in [4.78, 5) is 33.6. The van der Waals surface area contributed by atoms with Gasteiger partial charge in [-0.2, -0.15) is 11.8 Å². The second kappa shape index (κ2) is 7.93. The van der Waals surface area contributed by atoms with Gasteiger partial charge in [-0.05, 0) is 19.1 Å². The molecule has 0 rings (SSSR count). The smallest absolute Gasteiger partial charge is 0.414 e. The third-order valence-corrected chi connectivity index (χ3v) is 3.27. The van der Waals surface area contributed by atoms with Gasteiger partial charge in [0, 0.05) is 5.75 Å². The SMILES string of the molecule is CCCSCC(C(=O)O)N(C(=O)O)C(=O)C(C)O. The van der Waals surface area contributed by atoms with Gasteiger partial charge in [-0.1, -0.05) is 6.92 Å². The summed E-state index contributed by atoms with van der Waals surface area (Å²) in [6.45, 7) is 3.00. The molecule has 0 aromatic heterocycles. The second-order valence-electron chi connectivity index (χ2n) is 3.60. The molecule has 0 saturated heterocycles. The first-order valence-corrected chi connectivity index (χ1v) is 6.53. The predicted molar refractivity (Wildman–Crippen MR) is 65.6 cm³/mol. The van der Waals surface area contributed by atoms with E-state index in [9.17, 15) is 14.4 Å². The van der Waals surface area contributed by atoms with E-state index in [0.717, 1.165) is 13.3 Å². The molecule has 0 saturated carbocycles. The number of rotatable bonds is 7. The summed E-state index contributed by atoms with van der Waals surface area (Å²) in [6.07, 6.45) is -2.42. The van der Waals surface area contributed by atoms with Gasteiger partial charge < -0.3 is 15.3 Å². The summed E-state index contributed by atoms with van der Waals surface area (Å²) >= 11 is 1.24. The number of hydrogen-bond acceptors (Lipinski definition) is 5. The maximum absolute atomic E-state index is 11.5. The molecule has 0 aliphatic carbocycles. The van der Waals surface area contributed by atoms with Gasteiger partial charge in [0.2, 0.25) is 0 Å². The highest BCUT2D eigenvalue weighted by molar-refractivity contribution is 7.99. The molecule has 0 aliphatic rings. The second-order valence-corrected chi connectivity index (χ2v) is 4.75. The predicted octanol–water partition coefficient (Wildman–Crippen LogP) is 0.470. The minimum atomic E-state index is -1.68. The number of amides is 2. The van der Waals surface area contributed by atoms with Gasteiger partial charge in [0.15, 0.2) is 0 Å². The number of imide groups is 1. The van der Waals surface area contributed by atoms with Crippen LogP contribution in [0, 0.1) is 0 Å². The van der Waals surface area contributed by atoms with Crippen LogP contribution in [-0.2, 0) is 9.59 Å². The van der Waals surface area contributed by atoms with Crippen molar-refractivity contribution < 1.29 is 29.7 Å². The monoisotopic (exact) mass is 279 g/mol. The van der Waals surface area contributed by atoms with Gasteiger partial charge in [0.25, 0.3) is 5.91 Å². The topological polar surface area (TPSA) is 115 Å². The lowest BCUT2D eigenvalue weighted by atomic mass is 10.2. The fourth-order valence-electron chi connectivity index (χ4n) is 1.18. The van der Waals surface area contributed by atoms with Crippen molar-refractivity contribution in [1.82, 2.24) is 4.90 Å². The lowest BCUT2D eigenvalue weighted by Crippen LogP contribution is -2.52. The van der Waals surface area contributed by atoms with Crippen LogP contribution in [0.5, 0.6) is 0 Å². The highest BCUT2D eigenvalue weighted by Gasteiger charge is 2.36. The number of carboxylic acids is 1. The maximum atomic E-state index is 11.5. The first-order chi connectivity index (χ1) is 8.32. The van der Waals surface area contributed by atoms with Crippen LogP contribution in [0.15, 0.2) is 0 Å². The summed E-state index contributed by atoms with van der Waals surface area (Å²) < 4.78 is 0. The van der Waals surface area contributed by atoms with E-state index in [4.69, 9.17) is 15.3 Å². The molecule has 3 N–H and O–H groups in total. The molecule has 0 aliphatic heterocycles. The van der Waals surface area contributed by atoms with E-state index < -0.39 is 30.1 Å². The van der Waals surface area contributed by atoms with Crippen LogP contribution < -0.4 is 0 Å². The van der Waals surface area contributed by atoms with Crippen molar-refractivity contribution in [2.45, 2.75) is 32.4 Å². The van der Waals surface area contributed by atoms with Gasteiger partial charge in [-0.3, -0.25) is 4.79 Å². The molecule has 0 bridgehead atoms. The van der Waals surface area contributed by atoms with Crippen molar-refractivity contribution >= 4 is 29.7 Å². The number of aliphatic hydroxyl groups excluding tert-OH is 1. The number of carbonyl (C=O) groups excluding carboxylic acids is 1. The number of aliphatic carboxylic acids is 1. The number of carboxylic acid groups (broad SMARTS) is 2. The van der Waals surface area contributed by atoms with Crippen LogP contribution in [0.4, 0.5) is 4.79 Å². The van der Waals surface area contributed by atoms with Crippen LogP contribution in [0.25, 0.3) is 0 Å². The Bertz CT molecular complexity index is 319. The largest absolute Gasteiger partial charge is 0.480 e. The van der Waals surface area contributed by atoms with Crippen molar-refractivity contribution in [1.29, 1.82) is 0 Å². The highest BCUT2D eigenvalue weighted by Crippen LogP contribution is 2.12. The normalized spacial score (nSPS) is 13.7. The molecule has 2 atom stereocenters. The molecule has 18 heavy (non-hydrogen) atoms. The zero-order valence-corrected chi connectivity index (χ0v) is 11.0. The Morgan fingerprint density at radius 3 is 2.17 bits per heavy atom. The number of aliphatic hydroxyl groups is 1. The van der Waals surface area contributed by atoms with E-state index in [1.807, 2.05) is 6.92 Å². The minimum absolute atomic E-state index is 0.0338. The molecular weight excluding hydrogens is 262 g/mol. The zero-order chi connectivity index (χ0) is 14.3. The Morgan fingerprint density at radius 2 is 1.83 bits per heavy atom. The zero-order valence-electron chi connectivity index (χ0n) is 10.2. The van der Waals surface area contributed by atoms with Crippen LogP contribution in [-0.4, -0.2) is 61.8 Å². The summed E-state index contributed by atoms with van der Waals surface area (Å²) in [6, 6.07) is -1.49. The molecule has 8 heteroatoms. The summed E-state index contributed by atoms with van der Waals surface area (Å²) in [5.74, 6) is -1.91. The summed E-state index contributed by atoms with van der Waals surface area (Å²) in [7, 11) is 0. The van der Waals surface area contributed by atoms with Crippen molar-refractivity contribution in [2.24, 2.45) is 0 Å². The first kappa shape index (κ1) is 16.7. The molecule has 2 amide bonds. The van der Waals surface area contributed by atoms with Crippen molar-refractivity contribution in [3.8, 4) is 0 Å². The molecule has 0 spiro atoms. The molecule has 2 unspecified atom stereocenters. The summed E-state index contributed by atoms with van der Waals surface area (Å²) in [5.41, 5.74) is 0. The fourth-order valence-corrected chi connectivity index (χ4v) is 2.15. The fraction of sp³-hybridized carbons (Fsp3) is 0.700. The van der Waals surface area contributed by atoms with Crippen molar-refractivity contribution in [3.05, 3.63) is 0 Å². The van der Waals surface area contributed by atoms with Gasteiger partial charge in [-0.25, -0.2) is 14.5 Å². The third kappa shape index (κ3) is 4.92. The van der Waals surface area contributed by atoms with E-state index in [2.05, 4.69) is 0 Å². The quantitative estimate of drug-likeness (QED) is 0.580. The van der Waals surface area contributed by atoms with E-state index in [1.165, 1.54) is 11.8 Å². The number of nitrogens with zero attached hydrogens (tertiary/aromatic N) is 1. The van der Waals surface area contributed by atoms with Crippen LogP contribution in [0.3, 0.4) is 0 Å². The lowest BCUT2D eigenvalue weighted by Gasteiger charge is -2.25. The number of thioether (sulfide) groups is 1. The molecule has 104 valence electrons. The van der Waals surface area contributed by atoms with Gasteiger partial charge in [0.1, 0.15) is 12.1 Å². The van der Waals surface area contributed by atoms with E-state index in [0.29, 0.717) is 5.75 Å². The van der Waals surface area contributed by atoms with Crippen LogP contribution in [0.1, 0.15) is 20.3 Å².